The maximum Gasteiger partial charge on any atom is 0.236 e. The van der Waals surface area contributed by atoms with Gasteiger partial charge in [-0.05, 0) is 32.9 Å². The molecule has 0 aliphatic rings. The Hall–Kier alpha value is -1.84. The highest BCUT2D eigenvalue weighted by atomic mass is 16.2. The Labute approximate surface area is 108 Å². The van der Waals surface area contributed by atoms with Gasteiger partial charge < -0.3 is 10.2 Å². The van der Waals surface area contributed by atoms with E-state index in [-0.39, 0.29) is 24.3 Å². The molecule has 98 valence electrons. The van der Waals surface area contributed by atoms with E-state index < -0.39 is 0 Å². The monoisotopic (exact) mass is 248 g/mol. The molecule has 4 heteroatoms. The van der Waals surface area contributed by atoms with Crippen LogP contribution in [0, 0.1) is 0 Å². The van der Waals surface area contributed by atoms with Gasteiger partial charge in [0.15, 0.2) is 0 Å². The molecule has 0 atom stereocenters. The molecule has 0 aromatic heterocycles. The lowest BCUT2D eigenvalue weighted by atomic mass is 10.2. The van der Waals surface area contributed by atoms with Crippen molar-refractivity contribution in [2.24, 2.45) is 0 Å². The minimum absolute atomic E-state index is 0.0225. The quantitative estimate of drug-likeness (QED) is 0.810. The standard InChI is InChI=1S/C14H20N2O2/c1-4-15-13(17)10-14(18)16(11(2)3)12-8-6-5-7-9-12/h5-9,11H,4,10H2,1-3H3,(H,15,17). The van der Waals surface area contributed by atoms with E-state index in [0.29, 0.717) is 6.54 Å². The van der Waals surface area contributed by atoms with Gasteiger partial charge in [-0.25, -0.2) is 0 Å². The lowest BCUT2D eigenvalue weighted by Crippen LogP contribution is -2.40. The lowest BCUT2D eigenvalue weighted by Gasteiger charge is -2.26. The number of hydrogen-bond donors (Lipinski definition) is 1. The zero-order valence-electron chi connectivity index (χ0n) is 11.1. The van der Waals surface area contributed by atoms with Crippen molar-refractivity contribution in [1.82, 2.24) is 5.32 Å². The van der Waals surface area contributed by atoms with Crippen molar-refractivity contribution in [3.63, 3.8) is 0 Å². The molecule has 0 aliphatic heterocycles. The van der Waals surface area contributed by atoms with Crippen molar-refractivity contribution in [3.8, 4) is 0 Å². The molecule has 1 aromatic carbocycles. The zero-order valence-corrected chi connectivity index (χ0v) is 11.1. The number of para-hydroxylation sites is 1. The minimum atomic E-state index is -0.232. The molecule has 2 amide bonds. The van der Waals surface area contributed by atoms with Gasteiger partial charge in [-0.15, -0.1) is 0 Å². The highest BCUT2D eigenvalue weighted by Gasteiger charge is 2.20. The van der Waals surface area contributed by atoms with Crippen LogP contribution in [0.15, 0.2) is 30.3 Å². The molecule has 0 fully saturated rings. The molecular weight excluding hydrogens is 228 g/mol. The third kappa shape index (κ3) is 3.87. The molecule has 1 N–H and O–H groups in total. The Morgan fingerprint density at radius 3 is 2.33 bits per heavy atom. The maximum absolute atomic E-state index is 12.1. The average molecular weight is 248 g/mol. The maximum atomic E-state index is 12.1. The molecule has 0 spiro atoms. The summed E-state index contributed by atoms with van der Waals surface area (Å²) in [5, 5.41) is 2.64. The van der Waals surface area contributed by atoms with E-state index in [1.807, 2.05) is 51.1 Å². The summed E-state index contributed by atoms with van der Waals surface area (Å²) in [7, 11) is 0. The summed E-state index contributed by atoms with van der Waals surface area (Å²) >= 11 is 0. The number of carbonyl (C=O) groups excluding carboxylic acids is 2. The summed E-state index contributed by atoms with van der Waals surface area (Å²) in [4.78, 5) is 25.2. The predicted octanol–water partition coefficient (Wildman–Crippen LogP) is 1.95. The van der Waals surface area contributed by atoms with Gasteiger partial charge in [0.2, 0.25) is 11.8 Å². The van der Waals surface area contributed by atoms with Crippen LogP contribution in [0.2, 0.25) is 0 Å². The van der Waals surface area contributed by atoms with Gasteiger partial charge in [0.1, 0.15) is 6.42 Å². The molecule has 1 aromatic rings. The first-order valence-electron chi connectivity index (χ1n) is 6.20. The van der Waals surface area contributed by atoms with E-state index in [1.54, 1.807) is 4.90 Å². The summed E-state index contributed by atoms with van der Waals surface area (Å²) in [5.41, 5.74) is 0.821. The Kier molecular flexibility index (Phi) is 5.36. The Morgan fingerprint density at radius 1 is 1.22 bits per heavy atom. The molecule has 18 heavy (non-hydrogen) atoms. The van der Waals surface area contributed by atoms with Crippen LogP contribution in [-0.2, 0) is 9.59 Å². The van der Waals surface area contributed by atoms with Gasteiger partial charge >= 0.3 is 0 Å². The summed E-state index contributed by atoms with van der Waals surface area (Å²) in [6.45, 7) is 6.24. The lowest BCUT2D eigenvalue weighted by molar-refractivity contribution is -0.128. The van der Waals surface area contributed by atoms with Gasteiger partial charge in [0.05, 0.1) is 0 Å². The highest BCUT2D eigenvalue weighted by Crippen LogP contribution is 2.17. The van der Waals surface area contributed by atoms with Gasteiger partial charge in [0, 0.05) is 18.3 Å². The van der Waals surface area contributed by atoms with E-state index in [9.17, 15) is 9.59 Å². The molecular formula is C14H20N2O2. The van der Waals surface area contributed by atoms with Crippen LogP contribution in [-0.4, -0.2) is 24.4 Å². The van der Waals surface area contributed by atoms with E-state index in [1.165, 1.54) is 0 Å². The first-order chi connectivity index (χ1) is 8.56. The Bertz CT molecular complexity index is 402. The molecule has 0 heterocycles. The molecule has 4 nitrogen and oxygen atoms in total. The van der Waals surface area contributed by atoms with Crippen molar-refractivity contribution in [3.05, 3.63) is 30.3 Å². The highest BCUT2D eigenvalue weighted by molar-refractivity contribution is 6.05. The molecule has 0 bridgehead atoms. The van der Waals surface area contributed by atoms with Crippen LogP contribution in [0.4, 0.5) is 5.69 Å². The number of anilines is 1. The van der Waals surface area contributed by atoms with Crippen LogP contribution >= 0.6 is 0 Å². The van der Waals surface area contributed by atoms with Gasteiger partial charge in [0.25, 0.3) is 0 Å². The number of rotatable bonds is 5. The van der Waals surface area contributed by atoms with Crippen LogP contribution in [0.1, 0.15) is 27.2 Å². The molecule has 0 saturated heterocycles. The van der Waals surface area contributed by atoms with Crippen LogP contribution in [0.25, 0.3) is 0 Å². The first-order valence-corrected chi connectivity index (χ1v) is 6.20. The van der Waals surface area contributed by atoms with Gasteiger partial charge in [-0.3, -0.25) is 9.59 Å². The second-order valence-corrected chi connectivity index (χ2v) is 4.32. The molecule has 0 radical (unpaired) electrons. The Balaban J connectivity index is 2.80. The van der Waals surface area contributed by atoms with Crippen molar-refractivity contribution in [2.75, 3.05) is 11.4 Å². The average Bonchev–Trinajstić information content (AvgIpc) is 2.30. The molecule has 0 aliphatic carbocycles. The van der Waals surface area contributed by atoms with Gasteiger partial charge in [-0.1, -0.05) is 18.2 Å². The number of benzene rings is 1. The molecule has 1 rings (SSSR count). The fourth-order valence-electron chi connectivity index (χ4n) is 1.80. The normalized spacial score (nSPS) is 10.2. The first kappa shape index (κ1) is 14.2. The topological polar surface area (TPSA) is 49.4 Å². The predicted molar refractivity (Wildman–Crippen MR) is 72.4 cm³/mol. The largest absolute Gasteiger partial charge is 0.356 e. The fraction of sp³-hybridized carbons (Fsp3) is 0.429. The van der Waals surface area contributed by atoms with Crippen LogP contribution in [0.5, 0.6) is 0 Å². The van der Waals surface area contributed by atoms with Crippen LogP contribution < -0.4 is 10.2 Å². The number of carbonyl (C=O) groups is 2. The molecule has 0 saturated carbocycles. The third-order valence-electron chi connectivity index (χ3n) is 2.51. The van der Waals surface area contributed by atoms with Crippen molar-refractivity contribution < 1.29 is 9.59 Å². The fourth-order valence-corrected chi connectivity index (χ4v) is 1.80. The van der Waals surface area contributed by atoms with E-state index >= 15 is 0 Å². The Morgan fingerprint density at radius 2 is 1.83 bits per heavy atom. The van der Waals surface area contributed by atoms with Crippen molar-refractivity contribution in [2.45, 2.75) is 33.2 Å². The second-order valence-electron chi connectivity index (χ2n) is 4.32. The number of nitrogens with zero attached hydrogens (tertiary/aromatic N) is 1. The van der Waals surface area contributed by atoms with E-state index in [2.05, 4.69) is 5.32 Å². The van der Waals surface area contributed by atoms with E-state index in [4.69, 9.17) is 0 Å². The van der Waals surface area contributed by atoms with Crippen LogP contribution in [0.3, 0.4) is 0 Å². The third-order valence-corrected chi connectivity index (χ3v) is 2.51. The van der Waals surface area contributed by atoms with Crippen molar-refractivity contribution in [1.29, 1.82) is 0 Å². The van der Waals surface area contributed by atoms with Crippen molar-refractivity contribution >= 4 is 17.5 Å². The number of amides is 2. The SMILES string of the molecule is CCNC(=O)CC(=O)N(c1ccccc1)C(C)C. The second kappa shape index (κ2) is 6.79. The van der Waals surface area contributed by atoms with Gasteiger partial charge in [-0.2, -0.15) is 0 Å². The summed E-state index contributed by atoms with van der Waals surface area (Å²) < 4.78 is 0. The summed E-state index contributed by atoms with van der Waals surface area (Å²) in [6.07, 6.45) is -0.110. The minimum Gasteiger partial charge on any atom is -0.356 e. The smallest absolute Gasteiger partial charge is 0.236 e. The van der Waals surface area contributed by atoms with E-state index in [0.717, 1.165) is 5.69 Å². The zero-order chi connectivity index (χ0) is 13.5. The number of hydrogen-bond acceptors (Lipinski definition) is 2. The summed E-state index contributed by atoms with van der Waals surface area (Å²) in [6, 6.07) is 9.42. The summed E-state index contributed by atoms with van der Waals surface area (Å²) in [5.74, 6) is -0.411. The number of nitrogens with one attached hydrogen (secondary N) is 1. The molecule has 0 unspecified atom stereocenters.